The summed E-state index contributed by atoms with van der Waals surface area (Å²) in [5.41, 5.74) is -0.307. The fourth-order valence-corrected chi connectivity index (χ4v) is 1.39. The van der Waals surface area contributed by atoms with Gasteiger partial charge < -0.3 is 10.6 Å². The van der Waals surface area contributed by atoms with Gasteiger partial charge in [0.15, 0.2) is 11.0 Å². The Kier molecular flexibility index (Phi) is 4.70. The highest BCUT2D eigenvalue weighted by Gasteiger charge is 2.20. The monoisotopic (exact) mass is 291 g/mol. The SMILES string of the molecule is CC(Nc1nc(Cl)nnc1Cl)C(=O)NC(C)(C)C. The molecule has 1 heterocycles. The van der Waals surface area contributed by atoms with E-state index in [2.05, 4.69) is 25.8 Å². The number of nitrogens with zero attached hydrogens (tertiary/aromatic N) is 3. The minimum atomic E-state index is -0.519. The van der Waals surface area contributed by atoms with Crippen molar-refractivity contribution in [2.45, 2.75) is 39.3 Å². The molecule has 100 valence electrons. The molecule has 0 radical (unpaired) electrons. The van der Waals surface area contributed by atoms with Crippen molar-refractivity contribution < 1.29 is 4.79 Å². The molecular formula is C10H15Cl2N5O. The summed E-state index contributed by atoms with van der Waals surface area (Å²) < 4.78 is 0. The molecule has 8 heteroatoms. The zero-order valence-electron chi connectivity index (χ0n) is 10.6. The van der Waals surface area contributed by atoms with Crippen LogP contribution in [0, 0.1) is 0 Å². The fraction of sp³-hybridized carbons (Fsp3) is 0.600. The summed E-state index contributed by atoms with van der Waals surface area (Å²) in [4.78, 5) is 15.7. The van der Waals surface area contributed by atoms with Gasteiger partial charge in [0, 0.05) is 5.54 Å². The van der Waals surface area contributed by atoms with Crippen LogP contribution in [0.1, 0.15) is 27.7 Å². The molecule has 0 fully saturated rings. The van der Waals surface area contributed by atoms with E-state index in [9.17, 15) is 4.79 Å². The Balaban J connectivity index is 2.72. The van der Waals surface area contributed by atoms with Gasteiger partial charge in [-0.3, -0.25) is 4.79 Å². The Labute approximate surface area is 115 Å². The van der Waals surface area contributed by atoms with Crippen molar-refractivity contribution in [3.8, 4) is 0 Å². The highest BCUT2D eigenvalue weighted by atomic mass is 35.5. The smallest absolute Gasteiger partial charge is 0.245 e. The molecule has 1 rings (SSSR count). The minimum absolute atomic E-state index is 0.0367. The molecule has 1 atom stereocenters. The van der Waals surface area contributed by atoms with Gasteiger partial charge in [-0.05, 0) is 39.3 Å². The summed E-state index contributed by atoms with van der Waals surface area (Å²) in [6.07, 6.45) is 0. The molecule has 0 aliphatic heterocycles. The highest BCUT2D eigenvalue weighted by Crippen LogP contribution is 2.17. The standard InChI is InChI=1S/C10H15Cl2N5O/c1-5(8(18)15-10(2,3)4)13-7-6(11)16-17-9(12)14-7/h5H,1-4H3,(H,15,18)(H,13,14,17). The second kappa shape index (κ2) is 5.67. The summed E-state index contributed by atoms with van der Waals surface area (Å²) in [6, 6.07) is -0.519. The number of anilines is 1. The fourth-order valence-electron chi connectivity index (χ4n) is 1.13. The number of nitrogens with one attached hydrogen (secondary N) is 2. The first-order valence-electron chi connectivity index (χ1n) is 5.33. The Bertz CT molecular complexity index is 446. The zero-order chi connectivity index (χ0) is 13.9. The van der Waals surface area contributed by atoms with E-state index >= 15 is 0 Å². The first kappa shape index (κ1) is 14.9. The molecule has 0 saturated carbocycles. The molecule has 0 bridgehead atoms. The van der Waals surface area contributed by atoms with E-state index in [-0.39, 0.29) is 27.7 Å². The number of halogens is 2. The maximum absolute atomic E-state index is 11.8. The molecule has 1 aromatic heterocycles. The average Bonchev–Trinajstić information content (AvgIpc) is 2.21. The van der Waals surface area contributed by atoms with Crippen molar-refractivity contribution in [1.29, 1.82) is 0 Å². The van der Waals surface area contributed by atoms with Crippen molar-refractivity contribution in [1.82, 2.24) is 20.5 Å². The van der Waals surface area contributed by atoms with Gasteiger partial charge in [0.25, 0.3) is 0 Å². The van der Waals surface area contributed by atoms with Crippen LogP contribution < -0.4 is 10.6 Å². The Morgan fingerprint density at radius 3 is 2.44 bits per heavy atom. The van der Waals surface area contributed by atoms with E-state index in [1.165, 1.54) is 0 Å². The van der Waals surface area contributed by atoms with E-state index in [0.29, 0.717) is 0 Å². The number of aromatic nitrogens is 3. The average molecular weight is 292 g/mol. The van der Waals surface area contributed by atoms with Gasteiger partial charge in [-0.15, -0.1) is 10.2 Å². The molecule has 2 N–H and O–H groups in total. The molecule has 1 aromatic rings. The number of rotatable bonds is 3. The second-order valence-electron chi connectivity index (χ2n) is 4.83. The third kappa shape index (κ3) is 4.62. The first-order valence-corrected chi connectivity index (χ1v) is 6.09. The Hall–Kier alpha value is -1.14. The number of carbonyl (C=O) groups excluding carboxylic acids is 1. The van der Waals surface area contributed by atoms with Crippen molar-refractivity contribution in [3.05, 3.63) is 10.4 Å². The Morgan fingerprint density at radius 2 is 1.89 bits per heavy atom. The summed E-state index contributed by atoms with van der Waals surface area (Å²) >= 11 is 11.4. The van der Waals surface area contributed by atoms with Gasteiger partial charge in [-0.1, -0.05) is 11.6 Å². The molecule has 0 aromatic carbocycles. The van der Waals surface area contributed by atoms with Gasteiger partial charge in [0.1, 0.15) is 6.04 Å². The lowest BCUT2D eigenvalue weighted by Crippen LogP contribution is -2.47. The van der Waals surface area contributed by atoms with E-state index in [1.807, 2.05) is 20.8 Å². The van der Waals surface area contributed by atoms with E-state index < -0.39 is 6.04 Å². The molecule has 1 amide bonds. The predicted octanol–water partition coefficient (Wildman–Crippen LogP) is 1.89. The number of hydrogen-bond acceptors (Lipinski definition) is 5. The van der Waals surface area contributed by atoms with Crippen LogP contribution in [0.15, 0.2) is 0 Å². The summed E-state index contributed by atoms with van der Waals surface area (Å²) in [7, 11) is 0. The lowest BCUT2D eigenvalue weighted by molar-refractivity contribution is -0.122. The number of hydrogen-bond donors (Lipinski definition) is 2. The maximum Gasteiger partial charge on any atom is 0.245 e. The molecule has 0 spiro atoms. The van der Waals surface area contributed by atoms with E-state index in [1.54, 1.807) is 6.92 Å². The lowest BCUT2D eigenvalue weighted by atomic mass is 10.1. The molecule has 0 aliphatic rings. The van der Waals surface area contributed by atoms with Crippen molar-refractivity contribution in [2.24, 2.45) is 0 Å². The molecule has 6 nitrogen and oxygen atoms in total. The zero-order valence-corrected chi connectivity index (χ0v) is 12.1. The van der Waals surface area contributed by atoms with Crippen LogP contribution in [-0.2, 0) is 4.79 Å². The van der Waals surface area contributed by atoms with Crippen LogP contribution in [-0.4, -0.2) is 32.7 Å². The maximum atomic E-state index is 11.8. The Morgan fingerprint density at radius 1 is 1.28 bits per heavy atom. The van der Waals surface area contributed by atoms with Gasteiger partial charge in [-0.2, -0.15) is 4.98 Å². The molecule has 18 heavy (non-hydrogen) atoms. The topological polar surface area (TPSA) is 79.8 Å². The van der Waals surface area contributed by atoms with Gasteiger partial charge >= 0.3 is 0 Å². The van der Waals surface area contributed by atoms with E-state index in [4.69, 9.17) is 23.2 Å². The third-order valence-corrected chi connectivity index (χ3v) is 2.28. The van der Waals surface area contributed by atoms with Crippen molar-refractivity contribution in [2.75, 3.05) is 5.32 Å². The van der Waals surface area contributed by atoms with Gasteiger partial charge in [0.05, 0.1) is 0 Å². The molecule has 1 unspecified atom stereocenters. The molecule has 0 aliphatic carbocycles. The van der Waals surface area contributed by atoms with E-state index in [0.717, 1.165) is 0 Å². The summed E-state index contributed by atoms with van der Waals surface area (Å²) in [5, 5.41) is 12.8. The van der Waals surface area contributed by atoms with Crippen LogP contribution in [0.5, 0.6) is 0 Å². The normalized spacial score (nSPS) is 13.0. The van der Waals surface area contributed by atoms with Crippen molar-refractivity contribution in [3.63, 3.8) is 0 Å². The van der Waals surface area contributed by atoms with Crippen LogP contribution in [0.2, 0.25) is 10.4 Å². The van der Waals surface area contributed by atoms with Crippen molar-refractivity contribution >= 4 is 34.9 Å². The third-order valence-electron chi connectivity index (χ3n) is 1.86. The van der Waals surface area contributed by atoms with Gasteiger partial charge in [-0.25, -0.2) is 0 Å². The van der Waals surface area contributed by atoms with Gasteiger partial charge in [0.2, 0.25) is 11.2 Å². The number of amides is 1. The summed E-state index contributed by atoms with van der Waals surface area (Å²) in [6.45, 7) is 7.38. The molecular weight excluding hydrogens is 277 g/mol. The second-order valence-corrected chi connectivity index (χ2v) is 5.52. The van der Waals surface area contributed by atoms with Crippen LogP contribution in [0.3, 0.4) is 0 Å². The van der Waals surface area contributed by atoms with Crippen LogP contribution in [0.25, 0.3) is 0 Å². The number of carbonyl (C=O) groups is 1. The first-order chi connectivity index (χ1) is 8.19. The quantitative estimate of drug-likeness (QED) is 0.889. The molecule has 0 saturated heterocycles. The lowest BCUT2D eigenvalue weighted by Gasteiger charge is -2.23. The largest absolute Gasteiger partial charge is 0.356 e. The highest BCUT2D eigenvalue weighted by molar-refractivity contribution is 6.32. The minimum Gasteiger partial charge on any atom is -0.356 e. The predicted molar refractivity (Wildman–Crippen MR) is 70.8 cm³/mol. The van der Waals surface area contributed by atoms with Crippen LogP contribution >= 0.6 is 23.2 Å². The summed E-state index contributed by atoms with van der Waals surface area (Å²) in [5.74, 6) is 0.0570. The van der Waals surface area contributed by atoms with Crippen LogP contribution in [0.4, 0.5) is 5.82 Å².